The lowest BCUT2D eigenvalue weighted by Gasteiger charge is -2.32. The van der Waals surface area contributed by atoms with Crippen LogP contribution in [-0.4, -0.2) is 23.2 Å². The number of rotatable bonds is 2. The molecule has 2 rings (SSSR count). The van der Waals surface area contributed by atoms with Crippen molar-refractivity contribution in [2.75, 3.05) is 5.73 Å². The van der Waals surface area contributed by atoms with Gasteiger partial charge in [-0.2, -0.15) is 0 Å². The maximum Gasteiger partial charge on any atom is 0.495 e. The molecule has 0 aliphatic carbocycles. The number of benzene rings is 1. The SMILES string of the molecule is Cc1cc(B2OC(C)(C)C(C)(C)O2)cc([N+](=O)[O-])c1N. The van der Waals surface area contributed by atoms with E-state index in [1.165, 1.54) is 6.07 Å². The molecule has 1 saturated heterocycles. The topological polar surface area (TPSA) is 87.6 Å². The van der Waals surface area contributed by atoms with Crippen molar-refractivity contribution in [3.63, 3.8) is 0 Å². The van der Waals surface area contributed by atoms with E-state index in [4.69, 9.17) is 15.0 Å². The van der Waals surface area contributed by atoms with Gasteiger partial charge in [0.15, 0.2) is 0 Å². The lowest BCUT2D eigenvalue weighted by atomic mass is 9.78. The fourth-order valence-electron chi connectivity index (χ4n) is 2.07. The van der Waals surface area contributed by atoms with Crippen molar-refractivity contribution in [2.45, 2.75) is 45.8 Å². The number of nitrogen functional groups attached to an aromatic ring is 1. The van der Waals surface area contributed by atoms with Gasteiger partial charge in [-0.3, -0.25) is 10.1 Å². The third-order valence-corrected chi connectivity index (χ3v) is 4.11. The molecule has 1 aromatic rings. The first kappa shape index (κ1) is 14.8. The Kier molecular flexibility index (Phi) is 3.30. The number of aryl methyl sites for hydroxylation is 1. The van der Waals surface area contributed by atoms with Crippen molar-refractivity contribution in [2.24, 2.45) is 0 Å². The molecule has 1 aliphatic heterocycles. The standard InChI is InChI=1S/C13H19BN2O4/c1-8-6-9(7-10(11(8)15)16(17)18)14-19-12(2,3)13(4,5)20-14/h6-7H,15H2,1-5H3. The Hall–Kier alpha value is -1.60. The molecule has 0 atom stereocenters. The van der Waals surface area contributed by atoms with Gasteiger partial charge in [-0.1, -0.05) is 6.07 Å². The first-order chi connectivity index (χ1) is 9.05. The molecule has 1 fully saturated rings. The highest BCUT2D eigenvalue weighted by Crippen LogP contribution is 2.37. The summed E-state index contributed by atoms with van der Waals surface area (Å²) in [6.45, 7) is 9.48. The maximum atomic E-state index is 11.0. The predicted molar refractivity (Wildman–Crippen MR) is 78.0 cm³/mol. The second-order valence-electron chi connectivity index (χ2n) is 6.12. The van der Waals surface area contributed by atoms with Gasteiger partial charge in [0.05, 0.1) is 16.1 Å². The third kappa shape index (κ3) is 2.27. The van der Waals surface area contributed by atoms with E-state index in [2.05, 4.69) is 0 Å². The number of nitrogens with zero attached hydrogens (tertiary/aromatic N) is 1. The van der Waals surface area contributed by atoms with E-state index in [9.17, 15) is 10.1 Å². The number of nitrogens with two attached hydrogens (primary N) is 1. The van der Waals surface area contributed by atoms with Crippen LogP contribution < -0.4 is 11.2 Å². The molecule has 0 saturated carbocycles. The second-order valence-corrected chi connectivity index (χ2v) is 6.12. The third-order valence-electron chi connectivity index (χ3n) is 4.11. The fraction of sp³-hybridized carbons (Fsp3) is 0.538. The average Bonchev–Trinajstić information content (AvgIpc) is 2.51. The van der Waals surface area contributed by atoms with Crippen LogP contribution in [0.3, 0.4) is 0 Å². The molecule has 0 unspecified atom stereocenters. The van der Waals surface area contributed by atoms with E-state index < -0.39 is 23.2 Å². The molecule has 108 valence electrons. The van der Waals surface area contributed by atoms with Crippen LogP contribution in [0.25, 0.3) is 0 Å². The molecule has 0 amide bonds. The van der Waals surface area contributed by atoms with Crippen LogP contribution in [0.5, 0.6) is 0 Å². The smallest absolute Gasteiger partial charge is 0.399 e. The molecule has 1 aromatic carbocycles. The Bertz CT molecular complexity index is 556. The summed E-state index contributed by atoms with van der Waals surface area (Å²) in [6.07, 6.45) is 0. The van der Waals surface area contributed by atoms with E-state index in [0.29, 0.717) is 11.0 Å². The summed E-state index contributed by atoms with van der Waals surface area (Å²) < 4.78 is 11.8. The average molecular weight is 278 g/mol. The molecular weight excluding hydrogens is 259 g/mol. The van der Waals surface area contributed by atoms with Crippen molar-refractivity contribution in [3.05, 3.63) is 27.8 Å². The van der Waals surface area contributed by atoms with Gasteiger partial charge >= 0.3 is 7.12 Å². The van der Waals surface area contributed by atoms with E-state index in [1.807, 2.05) is 27.7 Å². The second kappa shape index (κ2) is 4.46. The highest BCUT2D eigenvalue weighted by Gasteiger charge is 2.52. The zero-order valence-corrected chi connectivity index (χ0v) is 12.4. The van der Waals surface area contributed by atoms with Gasteiger partial charge in [0, 0.05) is 6.07 Å². The minimum absolute atomic E-state index is 0.116. The summed E-state index contributed by atoms with van der Waals surface area (Å²) >= 11 is 0. The summed E-state index contributed by atoms with van der Waals surface area (Å²) in [5, 5.41) is 11.0. The fourth-order valence-corrected chi connectivity index (χ4v) is 2.07. The van der Waals surface area contributed by atoms with Gasteiger partial charge < -0.3 is 15.0 Å². The zero-order chi connectivity index (χ0) is 15.3. The van der Waals surface area contributed by atoms with Gasteiger partial charge in [0.25, 0.3) is 5.69 Å². The van der Waals surface area contributed by atoms with Gasteiger partial charge in [-0.25, -0.2) is 0 Å². The molecule has 0 bridgehead atoms. The number of nitro benzene ring substituents is 1. The van der Waals surface area contributed by atoms with Crippen LogP contribution in [0.1, 0.15) is 33.3 Å². The minimum Gasteiger partial charge on any atom is -0.399 e. The van der Waals surface area contributed by atoms with Crippen LogP contribution >= 0.6 is 0 Å². The minimum atomic E-state index is -0.627. The summed E-state index contributed by atoms with van der Waals surface area (Å²) in [5.74, 6) is 0. The van der Waals surface area contributed by atoms with E-state index >= 15 is 0 Å². The number of hydrogen-bond acceptors (Lipinski definition) is 5. The zero-order valence-electron chi connectivity index (χ0n) is 12.4. The molecular formula is C13H19BN2O4. The van der Waals surface area contributed by atoms with Crippen molar-refractivity contribution < 1.29 is 14.2 Å². The maximum absolute atomic E-state index is 11.0. The van der Waals surface area contributed by atoms with Crippen LogP contribution in [0, 0.1) is 17.0 Å². The van der Waals surface area contributed by atoms with E-state index in [0.717, 1.165) is 0 Å². The van der Waals surface area contributed by atoms with Crippen molar-refractivity contribution in [1.29, 1.82) is 0 Å². The van der Waals surface area contributed by atoms with Crippen molar-refractivity contribution in [1.82, 2.24) is 0 Å². The summed E-state index contributed by atoms with van der Waals surface area (Å²) in [5.41, 5.74) is 6.08. The van der Waals surface area contributed by atoms with E-state index in [-0.39, 0.29) is 11.4 Å². The molecule has 20 heavy (non-hydrogen) atoms. The first-order valence-electron chi connectivity index (χ1n) is 6.45. The summed E-state index contributed by atoms with van der Waals surface area (Å²) in [7, 11) is -0.627. The summed E-state index contributed by atoms with van der Waals surface area (Å²) in [6, 6.07) is 3.19. The number of hydrogen-bond donors (Lipinski definition) is 1. The Morgan fingerprint density at radius 3 is 2.15 bits per heavy atom. The molecule has 0 aromatic heterocycles. The van der Waals surface area contributed by atoms with Crippen LogP contribution in [0.2, 0.25) is 0 Å². The van der Waals surface area contributed by atoms with E-state index in [1.54, 1.807) is 13.0 Å². The number of nitro groups is 1. The quantitative estimate of drug-likeness (QED) is 0.385. The Morgan fingerprint density at radius 2 is 1.70 bits per heavy atom. The molecule has 1 aliphatic rings. The molecule has 0 spiro atoms. The number of anilines is 1. The van der Waals surface area contributed by atoms with Gasteiger partial charge in [-0.15, -0.1) is 0 Å². The molecule has 7 heteroatoms. The molecule has 6 nitrogen and oxygen atoms in total. The van der Waals surface area contributed by atoms with Crippen molar-refractivity contribution >= 4 is 24.0 Å². The van der Waals surface area contributed by atoms with Crippen molar-refractivity contribution in [3.8, 4) is 0 Å². The van der Waals surface area contributed by atoms with Crippen LogP contribution in [0.4, 0.5) is 11.4 Å². The Labute approximate surface area is 118 Å². The van der Waals surface area contributed by atoms with Gasteiger partial charge in [0.1, 0.15) is 5.69 Å². The normalized spacial score (nSPS) is 20.1. The van der Waals surface area contributed by atoms with Gasteiger partial charge in [0.2, 0.25) is 0 Å². The monoisotopic (exact) mass is 278 g/mol. The lowest BCUT2D eigenvalue weighted by molar-refractivity contribution is -0.383. The highest BCUT2D eigenvalue weighted by atomic mass is 16.7. The molecule has 0 radical (unpaired) electrons. The molecule has 1 heterocycles. The highest BCUT2D eigenvalue weighted by molar-refractivity contribution is 6.62. The van der Waals surface area contributed by atoms with Crippen LogP contribution in [0.15, 0.2) is 12.1 Å². The van der Waals surface area contributed by atoms with Gasteiger partial charge in [-0.05, 0) is 45.6 Å². The van der Waals surface area contributed by atoms with Crippen LogP contribution in [-0.2, 0) is 9.31 Å². The summed E-state index contributed by atoms with van der Waals surface area (Å²) in [4.78, 5) is 10.6. The molecule has 2 N–H and O–H groups in total. The lowest BCUT2D eigenvalue weighted by Crippen LogP contribution is -2.41. The largest absolute Gasteiger partial charge is 0.495 e. The Balaban J connectivity index is 2.43. The first-order valence-corrected chi connectivity index (χ1v) is 6.45. The Morgan fingerprint density at radius 1 is 1.20 bits per heavy atom. The predicted octanol–water partition coefficient (Wildman–Crippen LogP) is 1.78.